The molecular weight excluding hydrogens is 334 g/mol. The van der Waals surface area contributed by atoms with E-state index < -0.39 is 0 Å². The van der Waals surface area contributed by atoms with Crippen LogP contribution >= 0.6 is 0 Å². The number of nitrogens with zero attached hydrogens (tertiary/aromatic N) is 2. The van der Waals surface area contributed by atoms with Crippen molar-refractivity contribution in [3.05, 3.63) is 41.6 Å². The number of hydrogen-bond donors (Lipinski definition) is 1. The summed E-state index contributed by atoms with van der Waals surface area (Å²) in [6, 6.07) is 5.22. The number of aromatic nitrogens is 2. The van der Waals surface area contributed by atoms with Gasteiger partial charge in [-0.15, -0.1) is 0 Å². The molecule has 0 spiro atoms. The van der Waals surface area contributed by atoms with E-state index in [1.807, 2.05) is 32.0 Å². The van der Waals surface area contributed by atoms with Gasteiger partial charge in [0.1, 0.15) is 6.04 Å². The van der Waals surface area contributed by atoms with Crippen LogP contribution in [-0.4, -0.2) is 22.8 Å². The zero-order valence-corrected chi connectivity index (χ0v) is 14.8. The Morgan fingerprint density at radius 2 is 2.08 bits per heavy atom. The fraction of sp³-hybridized carbons (Fsp3) is 0.421. The molecule has 1 aliphatic heterocycles. The molecule has 1 aliphatic carbocycles. The van der Waals surface area contributed by atoms with Crippen LogP contribution in [0.15, 0.2) is 28.8 Å². The maximum Gasteiger partial charge on any atom is 0.249 e. The minimum Gasteiger partial charge on any atom is -0.454 e. The third-order valence-corrected chi connectivity index (χ3v) is 4.45. The Morgan fingerprint density at radius 3 is 2.85 bits per heavy atom. The summed E-state index contributed by atoms with van der Waals surface area (Å²) in [5.74, 6) is 2.95. The molecule has 2 heterocycles. The Kier molecular flexibility index (Phi) is 4.36. The lowest BCUT2D eigenvalue weighted by atomic mass is 10.0. The molecule has 1 aromatic heterocycles. The normalized spacial score (nSPS) is 17.0. The highest BCUT2D eigenvalue weighted by atomic mass is 16.7. The lowest BCUT2D eigenvalue weighted by molar-refractivity contribution is -0.117. The molecular formula is C19H21N3O4. The molecule has 0 bridgehead atoms. The van der Waals surface area contributed by atoms with E-state index >= 15 is 0 Å². The summed E-state index contributed by atoms with van der Waals surface area (Å²) in [7, 11) is 0. The predicted octanol–water partition coefficient (Wildman–Crippen LogP) is 3.20. The molecule has 1 atom stereocenters. The zero-order valence-electron chi connectivity index (χ0n) is 14.8. The first kappa shape index (κ1) is 16.6. The molecule has 2 aliphatic rings. The van der Waals surface area contributed by atoms with Gasteiger partial charge in [-0.2, -0.15) is 4.98 Å². The molecule has 1 unspecified atom stereocenters. The van der Waals surface area contributed by atoms with Crippen molar-refractivity contribution in [3.8, 4) is 11.5 Å². The Morgan fingerprint density at radius 1 is 1.27 bits per heavy atom. The van der Waals surface area contributed by atoms with Gasteiger partial charge < -0.3 is 19.3 Å². The molecule has 7 heteroatoms. The molecule has 136 valence electrons. The van der Waals surface area contributed by atoms with Crippen LogP contribution in [0.25, 0.3) is 6.08 Å². The van der Waals surface area contributed by atoms with Crippen molar-refractivity contribution in [2.45, 2.75) is 38.6 Å². The van der Waals surface area contributed by atoms with E-state index in [0.717, 1.165) is 24.2 Å². The lowest BCUT2D eigenvalue weighted by Gasteiger charge is -2.17. The van der Waals surface area contributed by atoms with E-state index in [1.54, 1.807) is 6.08 Å². The van der Waals surface area contributed by atoms with Gasteiger partial charge in [0.2, 0.25) is 18.6 Å². The lowest BCUT2D eigenvalue weighted by Crippen LogP contribution is -2.30. The summed E-state index contributed by atoms with van der Waals surface area (Å²) in [5, 5.41) is 6.98. The molecule has 2 aromatic rings. The molecule has 7 nitrogen and oxygen atoms in total. The molecule has 0 saturated heterocycles. The molecule has 1 N–H and O–H groups in total. The van der Waals surface area contributed by atoms with Gasteiger partial charge in [-0.3, -0.25) is 4.79 Å². The van der Waals surface area contributed by atoms with Crippen LogP contribution in [0, 0.1) is 5.92 Å². The van der Waals surface area contributed by atoms with Crippen LogP contribution in [0.5, 0.6) is 11.5 Å². The van der Waals surface area contributed by atoms with Crippen LogP contribution in [0.1, 0.15) is 55.9 Å². The molecule has 1 aromatic carbocycles. The van der Waals surface area contributed by atoms with Crippen molar-refractivity contribution in [2.75, 3.05) is 6.79 Å². The van der Waals surface area contributed by atoms with E-state index in [-0.39, 0.29) is 24.7 Å². The van der Waals surface area contributed by atoms with Gasteiger partial charge in [-0.25, -0.2) is 0 Å². The average Bonchev–Trinajstić information content (AvgIpc) is 3.18. The Labute approximate surface area is 151 Å². The van der Waals surface area contributed by atoms with Crippen molar-refractivity contribution in [2.24, 2.45) is 5.92 Å². The van der Waals surface area contributed by atoms with Crippen LogP contribution in [0.3, 0.4) is 0 Å². The second kappa shape index (κ2) is 6.82. The van der Waals surface area contributed by atoms with Crippen molar-refractivity contribution >= 4 is 12.0 Å². The van der Waals surface area contributed by atoms with Crippen LogP contribution in [-0.2, 0) is 4.79 Å². The van der Waals surface area contributed by atoms with E-state index in [4.69, 9.17) is 14.0 Å². The quantitative estimate of drug-likeness (QED) is 0.801. The summed E-state index contributed by atoms with van der Waals surface area (Å²) < 4.78 is 16.0. The van der Waals surface area contributed by atoms with E-state index in [1.165, 1.54) is 6.08 Å². The molecule has 4 rings (SSSR count). The minimum atomic E-state index is -0.316. The number of ether oxygens (including phenoxy) is 2. The second-order valence-corrected chi connectivity index (χ2v) is 6.94. The van der Waals surface area contributed by atoms with Crippen molar-refractivity contribution in [1.82, 2.24) is 15.5 Å². The minimum absolute atomic E-state index is 0.130. The van der Waals surface area contributed by atoms with Gasteiger partial charge in [-0.05, 0) is 42.5 Å². The average molecular weight is 355 g/mol. The van der Waals surface area contributed by atoms with Gasteiger partial charge in [-0.1, -0.05) is 25.1 Å². The van der Waals surface area contributed by atoms with Crippen LogP contribution in [0.4, 0.5) is 0 Å². The first-order valence-electron chi connectivity index (χ1n) is 8.82. The van der Waals surface area contributed by atoms with Gasteiger partial charge in [0.25, 0.3) is 0 Å². The van der Waals surface area contributed by atoms with Gasteiger partial charge in [0, 0.05) is 12.0 Å². The monoisotopic (exact) mass is 355 g/mol. The summed E-state index contributed by atoms with van der Waals surface area (Å²) in [4.78, 5) is 16.8. The molecule has 0 radical (unpaired) electrons. The third kappa shape index (κ3) is 3.56. The molecule has 1 amide bonds. The highest BCUT2D eigenvalue weighted by Crippen LogP contribution is 2.38. The molecule has 26 heavy (non-hydrogen) atoms. The smallest absolute Gasteiger partial charge is 0.249 e. The Hall–Kier alpha value is -2.83. The number of carbonyl (C=O) groups excluding carboxylic acids is 1. The topological polar surface area (TPSA) is 86.5 Å². The Bertz CT molecular complexity index is 839. The highest BCUT2D eigenvalue weighted by Gasteiger charge is 2.31. The van der Waals surface area contributed by atoms with Crippen LogP contribution in [0.2, 0.25) is 0 Å². The van der Waals surface area contributed by atoms with Gasteiger partial charge >= 0.3 is 0 Å². The highest BCUT2D eigenvalue weighted by molar-refractivity contribution is 5.92. The number of rotatable bonds is 6. The maximum absolute atomic E-state index is 12.3. The Balaban J connectivity index is 1.42. The first-order valence-corrected chi connectivity index (χ1v) is 8.82. The fourth-order valence-electron chi connectivity index (χ4n) is 2.78. The van der Waals surface area contributed by atoms with E-state index in [0.29, 0.717) is 23.3 Å². The maximum atomic E-state index is 12.3. The summed E-state index contributed by atoms with van der Waals surface area (Å²) in [6.07, 6.45) is 5.44. The van der Waals surface area contributed by atoms with Crippen LogP contribution < -0.4 is 14.8 Å². The largest absolute Gasteiger partial charge is 0.454 e. The zero-order chi connectivity index (χ0) is 18.1. The predicted molar refractivity (Wildman–Crippen MR) is 93.6 cm³/mol. The number of carbonyl (C=O) groups is 1. The molecule has 1 saturated carbocycles. The summed E-state index contributed by atoms with van der Waals surface area (Å²) >= 11 is 0. The van der Waals surface area contributed by atoms with Crippen molar-refractivity contribution < 1.29 is 18.8 Å². The first-order chi connectivity index (χ1) is 12.6. The number of nitrogens with one attached hydrogen (secondary N) is 1. The van der Waals surface area contributed by atoms with Crippen molar-refractivity contribution in [1.29, 1.82) is 0 Å². The standard InChI is InChI=1S/C19H21N3O4/c1-11(2)17(19-21-18(22-26-19)13-5-6-13)20-16(23)8-4-12-3-7-14-15(9-12)25-10-24-14/h3-4,7-9,11,13,17H,5-6,10H2,1-2H3,(H,20,23). The van der Waals surface area contributed by atoms with Gasteiger partial charge in [0.05, 0.1) is 0 Å². The summed E-state index contributed by atoms with van der Waals surface area (Å²) in [6.45, 7) is 4.24. The number of amides is 1. The second-order valence-electron chi connectivity index (χ2n) is 6.94. The van der Waals surface area contributed by atoms with Crippen molar-refractivity contribution in [3.63, 3.8) is 0 Å². The summed E-state index contributed by atoms with van der Waals surface area (Å²) in [5.41, 5.74) is 0.860. The fourth-order valence-corrected chi connectivity index (χ4v) is 2.78. The SMILES string of the molecule is CC(C)C(NC(=O)C=Cc1ccc2c(c1)OCO2)c1nc(C2CC2)no1. The molecule has 1 fully saturated rings. The number of fused-ring (bicyclic) bond motifs is 1. The van der Waals surface area contributed by atoms with Gasteiger partial charge in [0.15, 0.2) is 17.3 Å². The number of benzene rings is 1. The third-order valence-electron chi connectivity index (χ3n) is 4.45. The van der Waals surface area contributed by atoms with E-state index in [2.05, 4.69) is 15.5 Å². The number of hydrogen-bond acceptors (Lipinski definition) is 6. The van der Waals surface area contributed by atoms with E-state index in [9.17, 15) is 4.79 Å².